The van der Waals surface area contributed by atoms with Crippen molar-refractivity contribution in [2.24, 2.45) is 11.8 Å². The van der Waals surface area contributed by atoms with E-state index in [9.17, 15) is 19.5 Å². The number of benzene rings is 2. The van der Waals surface area contributed by atoms with Crippen molar-refractivity contribution in [3.63, 3.8) is 0 Å². The molecule has 0 aromatic heterocycles. The van der Waals surface area contributed by atoms with Gasteiger partial charge in [-0.2, -0.15) is 0 Å². The first-order valence-corrected chi connectivity index (χ1v) is 11.5. The summed E-state index contributed by atoms with van der Waals surface area (Å²) in [7, 11) is 0. The molecule has 0 spiro atoms. The zero-order valence-electron chi connectivity index (χ0n) is 18.1. The molecule has 2 fully saturated rings. The van der Waals surface area contributed by atoms with Gasteiger partial charge in [-0.05, 0) is 85.9 Å². The second-order valence-corrected chi connectivity index (χ2v) is 9.53. The van der Waals surface area contributed by atoms with Crippen LogP contribution in [0.3, 0.4) is 0 Å². The monoisotopic (exact) mass is 470 g/mol. The first kappa shape index (κ1) is 23.3. The molecule has 33 heavy (non-hydrogen) atoms. The maximum atomic E-state index is 12.8. The first-order valence-electron chi connectivity index (χ1n) is 11.2. The Bertz CT molecular complexity index is 1040. The molecular formula is C25H27ClN2O5. The minimum Gasteiger partial charge on any atom is -0.481 e. The number of ketones is 1. The summed E-state index contributed by atoms with van der Waals surface area (Å²) in [5.41, 5.74) is 0.740. The van der Waals surface area contributed by atoms with Crippen molar-refractivity contribution < 1.29 is 24.6 Å². The summed E-state index contributed by atoms with van der Waals surface area (Å²) in [5, 5.41) is 25.8. The van der Waals surface area contributed by atoms with Crippen molar-refractivity contribution in [2.45, 2.75) is 50.0 Å². The van der Waals surface area contributed by atoms with Crippen LogP contribution in [0, 0.1) is 11.8 Å². The number of aliphatic carboxylic acids is 1. The molecule has 2 aromatic rings. The number of halogens is 1. The van der Waals surface area contributed by atoms with Crippen molar-refractivity contribution >= 4 is 40.8 Å². The molecule has 2 amide bonds. The first-order chi connectivity index (χ1) is 15.7. The number of hydrogen-bond acceptors (Lipinski definition) is 4. The number of anilines is 2. The predicted molar refractivity (Wildman–Crippen MR) is 126 cm³/mol. The van der Waals surface area contributed by atoms with Crippen molar-refractivity contribution in [3.8, 4) is 0 Å². The zero-order valence-corrected chi connectivity index (χ0v) is 18.8. The van der Waals surface area contributed by atoms with Crippen LogP contribution in [0.4, 0.5) is 16.2 Å². The lowest BCUT2D eigenvalue weighted by molar-refractivity contribution is -0.160. The number of nitrogens with one attached hydrogen (secondary N) is 2. The fourth-order valence-electron chi connectivity index (χ4n) is 5.21. The van der Waals surface area contributed by atoms with Gasteiger partial charge in [-0.1, -0.05) is 23.7 Å². The molecule has 4 atom stereocenters. The van der Waals surface area contributed by atoms with E-state index < -0.39 is 18.0 Å². The maximum Gasteiger partial charge on any atom is 0.323 e. The van der Waals surface area contributed by atoms with Gasteiger partial charge in [0.25, 0.3) is 0 Å². The Kier molecular flexibility index (Phi) is 6.72. The lowest BCUT2D eigenvalue weighted by atomic mass is 9.61. The van der Waals surface area contributed by atoms with Crippen LogP contribution in [-0.2, 0) is 9.59 Å². The van der Waals surface area contributed by atoms with Gasteiger partial charge in [-0.3, -0.25) is 9.59 Å². The van der Waals surface area contributed by atoms with Gasteiger partial charge in [0.05, 0.1) is 6.42 Å². The Balaban J connectivity index is 1.34. The number of aliphatic hydroxyl groups is 1. The topological polar surface area (TPSA) is 116 Å². The van der Waals surface area contributed by atoms with E-state index in [4.69, 9.17) is 16.7 Å². The third-order valence-corrected chi connectivity index (χ3v) is 7.14. The minimum absolute atomic E-state index is 0.160. The van der Waals surface area contributed by atoms with Gasteiger partial charge in [-0.25, -0.2) is 4.79 Å². The molecule has 0 radical (unpaired) electrons. The number of amides is 2. The number of hydrogen-bond donors (Lipinski definition) is 4. The molecule has 2 saturated carbocycles. The van der Waals surface area contributed by atoms with Gasteiger partial charge in [0.1, 0.15) is 5.60 Å². The van der Waals surface area contributed by atoms with Crippen LogP contribution < -0.4 is 10.6 Å². The lowest BCUT2D eigenvalue weighted by Gasteiger charge is -2.44. The van der Waals surface area contributed by atoms with E-state index in [0.29, 0.717) is 35.2 Å². The van der Waals surface area contributed by atoms with Crippen molar-refractivity contribution in [1.82, 2.24) is 0 Å². The van der Waals surface area contributed by atoms with E-state index in [1.165, 1.54) is 0 Å². The van der Waals surface area contributed by atoms with Crippen molar-refractivity contribution in [3.05, 3.63) is 59.1 Å². The van der Waals surface area contributed by atoms with Crippen LogP contribution >= 0.6 is 11.6 Å². The van der Waals surface area contributed by atoms with E-state index in [0.717, 1.165) is 18.4 Å². The third-order valence-electron chi connectivity index (χ3n) is 6.89. The number of carbonyl (C=O) groups is 3. The quantitative estimate of drug-likeness (QED) is 0.488. The minimum atomic E-state index is -1.72. The molecule has 0 bridgehead atoms. The highest BCUT2D eigenvalue weighted by Gasteiger charge is 2.50. The second kappa shape index (κ2) is 9.53. The molecule has 174 valence electrons. The molecule has 4 rings (SSSR count). The molecule has 2 aliphatic rings. The van der Waals surface area contributed by atoms with Gasteiger partial charge < -0.3 is 20.8 Å². The summed E-state index contributed by atoms with van der Waals surface area (Å²) < 4.78 is 0. The SMILES string of the molecule is O=C(O)CC1(O)CCC2CC(c3ccc(NC(=O)Nc4ccc(Cl)cc4)cc3)CCC2C1=O. The smallest absolute Gasteiger partial charge is 0.323 e. The number of Topliss-reactive ketones (excluding diaryl/α,β-unsaturated/α-hetero) is 1. The summed E-state index contributed by atoms with van der Waals surface area (Å²) in [6, 6.07) is 14.2. The molecule has 4 N–H and O–H groups in total. The van der Waals surface area contributed by atoms with Gasteiger partial charge in [-0.15, -0.1) is 0 Å². The molecular weight excluding hydrogens is 444 g/mol. The molecule has 2 aliphatic carbocycles. The molecule has 7 nitrogen and oxygen atoms in total. The molecule has 8 heteroatoms. The lowest BCUT2D eigenvalue weighted by Crippen LogP contribution is -2.51. The summed E-state index contributed by atoms with van der Waals surface area (Å²) in [6.07, 6.45) is 2.64. The summed E-state index contributed by atoms with van der Waals surface area (Å²) >= 11 is 5.85. The number of carbonyl (C=O) groups excluding carboxylic acids is 2. The van der Waals surface area contributed by atoms with E-state index in [-0.39, 0.29) is 30.1 Å². The normalized spacial score (nSPS) is 26.8. The van der Waals surface area contributed by atoms with Crippen LogP contribution in [0.15, 0.2) is 48.5 Å². The highest BCUT2D eigenvalue weighted by atomic mass is 35.5. The predicted octanol–water partition coefficient (Wildman–Crippen LogP) is 5.05. The van der Waals surface area contributed by atoms with E-state index >= 15 is 0 Å². The number of rotatable bonds is 5. The molecule has 4 unspecified atom stereocenters. The summed E-state index contributed by atoms with van der Waals surface area (Å²) in [6.45, 7) is 0. The molecule has 0 aliphatic heterocycles. The van der Waals surface area contributed by atoms with Gasteiger partial charge >= 0.3 is 12.0 Å². The average Bonchev–Trinajstić information content (AvgIpc) is 2.78. The Morgan fingerprint density at radius 2 is 1.58 bits per heavy atom. The molecule has 0 heterocycles. The Morgan fingerprint density at radius 1 is 0.970 bits per heavy atom. The Morgan fingerprint density at radius 3 is 2.18 bits per heavy atom. The fourth-order valence-corrected chi connectivity index (χ4v) is 5.34. The summed E-state index contributed by atoms with van der Waals surface area (Å²) in [5.74, 6) is -1.26. The van der Waals surface area contributed by atoms with E-state index in [2.05, 4.69) is 10.6 Å². The second-order valence-electron chi connectivity index (χ2n) is 9.09. The highest BCUT2D eigenvalue weighted by Crippen LogP contribution is 2.47. The van der Waals surface area contributed by atoms with Crippen LogP contribution in [0.2, 0.25) is 5.02 Å². The van der Waals surface area contributed by atoms with Gasteiger partial charge in [0, 0.05) is 22.3 Å². The van der Waals surface area contributed by atoms with Crippen LogP contribution in [0.25, 0.3) is 0 Å². The van der Waals surface area contributed by atoms with E-state index in [1.807, 2.05) is 24.3 Å². The third kappa shape index (κ3) is 5.37. The number of carboxylic acids is 1. The van der Waals surface area contributed by atoms with Gasteiger partial charge in [0.15, 0.2) is 5.78 Å². The maximum absolute atomic E-state index is 12.8. The van der Waals surface area contributed by atoms with Crippen LogP contribution in [0.1, 0.15) is 50.0 Å². The fraction of sp³-hybridized carbons (Fsp3) is 0.400. The number of fused-ring (bicyclic) bond motifs is 1. The Hall–Kier alpha value is -2.90. The standard InChI is InChI=1S/C25H27ClN2O5/c26-18-4-8-20(9-5-18)28-24(32)27-19-6-1-15(2-7-19)16-3-10-21-17(13-16)11-12-25(33,23(21)31)14-22(29)30/h1-2,4-9,16-17,21,33H,3,10-14H2,(H,29,30)(H2,27,28,32). The number of urea groups is 1. The van der Waals surface area contributed by atoms with Crippen molar-refractivity contribution in [2.75, 3.05) is 10.6 Å². The number of carboxylic acid groups (broad SMARTS) is 1. The molecule has 2 aromatic carbocycles. The van der Waals surface area contributed by atoms with Crippen LogP contribution in [0.5, 0.6) is 0 Å². The van der Waals surface area contributed by atoms with Crippen molar-refractivity contribution in [1.29, 1.82) is 0 Å². The largest absolute Gasteiger partial charge is 0.481 e. The summed E-state index contributed by atoms with van der Waals surface area (Å²) in [4.78, 5) is 36.1. The zero-order chi connectivity index (χ0) is 23.6. The average molecular weight is 471 g/mol. The molecule has 0 saturated heterocycles. The Labute approximate surface area is 197 Å². The van der Waals surface area contributed by atoms with Gasteiger partial charge in [0.2, 0.25) is 0 Å². The van der Waals surface area contributed by atoms with Crippen LogP contribution in [-0.4, -0.2) is 33.6 Å². The van der Waals surface area contributed by atoms with E-state index in [1.54, 1.807) is 24.3 Å². The highest BCUT2D eigenvalue weighted by molar-refractivity contribution is 6.30.